The molecule has 4 rings (SSSR count). The Labute approximate surface area is 173 Å². The van der Waals surface area contributed by atoms with Crippen LogP contribution < -0.4 is 10.1 Å². The van der Waals surface area contributed by atoms with E-state index in [-0.39, 0.29) is 5.82 Å². The minimum Gasteiger partial charge on any atom is -0.494 e. The van der Waals surface area contributed by atoms with Gasteiger partial charge in [0.1, 0.15) is 22.9 Å². The number of halogens is 1. The summed E-state index contributed by atoms with van der Waals surface area (Å²) in [5.41, 5.74) is 2.59. The maximum absolute atomic E-state index is 14.4. The van der Waals surface area contributed by atoms with Crippen molar-refractivity contribution < 1.29 is 13.9 Å². The van der Waals surface area contributed by atoms with Gasteiger partial charge in [-0.2, -0.15) is 0 Å². The van der Waals surface area contributed by atoms with Crippen LogP contribution in [0.5, 0.6) is 5.75 Å². The largest absolute Gasteiger partial charge is 0.494 e. The Kier molecular flexibility index (Phi) is 5.81. The number of aromatic nitrogens is 3. The summed E-state index contributed by atoms with van der Waals surface area (Å²) < 4.78 is 25.2. The van der Waals surface area contributed by atoms with Gasteiger partial charge in [0.2, 0.25) is 0 Å². The molecule has 0 aliphatic rings. The number of fused-ring (bicyclic) bond motifs is 1. The minimum absolute atomic E-state index is 0.305. The van der Waals surface area contributed by atoms with Gasteiger partial charge in [-0.15, -0.1) is 0 Å². The van der Waals surface area contributed by atoms with Gasteiger partial charge in [0.25, 0.3) is 0 Å². The van der Waals surface area contributed by atoms with E-state index in [2.05, 4.69) is 10.3 Å². The number of nitrogens with one attached hydrogen (secondary N) is 1. The van der Waals surface area contributed by atoms with Crippen molar-refractivity contribution in [2.75, 3.05) is 32.7 Å². The molecule has 0 saturated carbocycles. The summed E-state index contributed by atoms with van der Waals surface area (Å²) in [5, 5.41) is 4.03. The van der Waals surface area contributed by atoms with E-state index in [1.807, 2.05) is 18.2 Å². The molecule has 0 fully saturated rings. The predicted octanol–water partition coefficient (Wildman–Crippen LogP) is 4.56. The molecule has 152 valence electrons. The van der Waals surface area contributed by atoms with Gasteiger partial charge >= 0.3 is 0 Å². The summed E-state index contributed by atoms with van der Waals surface area (Å²) in [7, 11) is 3.21. The third kappa shape index (κ3) is 3.92. The van der Waals surface area contributed by atoms with Crippen molar-refractivity contribution in [1.29, 1.82) is 0 Å². The van der Waals surface area contributed by atoms with Crippen LogP contribution in [0.2, 0.25) is 0 Å². The van der Waals surface area contributed by atoms with Crippen molar-refractivity contribution in [1.82, 2.24) is 15.0 Å². The van der Waals surface area contributed by atoms with Gasteiger partial charge in [-0.25, -0.2) is 14.4 Å². The summed E-state index contributed by atoms with van der Waals surface area (Å²) in [5.74, 6) is 1.37. The second-order valence-corrected chi connectivity index (χ2v) is 6.61. The first-order valence-electron chi connectivity index (χ1n) is 9.49. The molecule has 7 heteroatoms. The maximum Gasteiger partial charge on any atom is 0.163 e. The van der Waals surface area contributed by atoms with E-state index in [1.54, 1.807) is 50.9 Å². The second-order valence-electron chi connectivity index (χ2n) is 6.61. The third-order valence-corrected chi connectivity index (χ3v) is 4.69. The average molecular weight is 404 g/mol. The fourth-order valence-corrected chi connectivity index (χ4v) is 3.24. The van der Waals surface area contributed by atoms with Crippen LogP contribution in [0.15, 0.2) is 60.9 Å². The SMILES string of the molecule is COCCNc1nc(-c2cccnc2)nc2c(OC)cc(-c3ccccc3F)cc12. The molecule has 0 spiro atoms. The highest BCUT2D eigenvalue weighted by Gasteiger charge is 2.16. The zero-order chi connectivity index (χ0) is 20.9. The molecule has 0 unspecified atom stereocenters. The number of anilines is 1. The molecule has 0 radical (unpaired) electrons. The van der Waals surface area contributed by atoms with Gasteiger partial charge in [0, 0.05) is 42.6 Å². The van der Waals surface area contributed by atoms with Crippen molar-refractivity contribution in [3.8, 4) is 28.3 Å². The van der Waals surface area contributed by atoms with E-state index in [0.717, 1.165) is 10.9 Å². The summed E-state index contributed by atoms with van der Waals surface area (Å²) in [4.78, 5) is 13.6. The lowest BCUT2D eigenvalue weighted by Crippen LogP contribution is -2.10. The zero-order valence-electron chi connectivity index (χ0n) is 16.7. The number of ether oxygens (including phenoxy) is 2. The number of methoxy groups -OCH3 is 2. The number of benzene rings is 2. The van der Waals surface area contributed by atoms with E-state index >= 15 is 0 Å². The Morgan fingerprint density at radius 2 is 1.87 bits per heavy atom. The van der Waals surface area contributed by atoms with Gasteiger partial charge in [-0.05, 0) is 35.9 Å². The standard InChI is InChI=1S/C23H21FN4O2/c1-29-11-10-26-23-18-12-16(17-7-3-4-8-19(17)24)13-20(30-2)21(18)27-22(28-23)15-6-5-9-25-14-15/h3-9,12-14H,10-11H2,1-2H3,(H,26,27,28). The Morgan fingerprint density at radius 1 is 1.00 bits per heavy atom. The summed E-state index contributed by atoms with van der Waals surface area (Å²) in [6, 6.07) is 14.0. The molecular formula is C23H21FN4O2. The second kappa shape index (κ2) is 8.84. The molecule has 0 atom stereocenters. The molecule has 2 aromatic heterocycles. The van der Waals surface area contributed by atoms with Crippen LogP contribution in [0.3, 0.4) is 0 Å². The fourth-order valence-electron chi connectivity index (χ4n) is 3.24. The number of hydrogen-bond acceptors (Lipinski definition) is 6. The highest BCUT2D eigenvalue weighted by Crippen LogP contribution is 2.36. The molecule has 0 aliphatic carbocycles. The Balaban J connectivity index is 1.94. The number of hydrogen-bond donors (Lipinski definition) is 1. The van der Waals surface area contributed by atoms with Crippen LogP contribution in [0.25, 0.3) is 33.4 Å². The highest BCUT2D eigenvalue weighted by molar-refractivity contribution is 5.97. The van der Waals surface area contributed by atoms with E-state index in [0.29, 0.717) is 47.2 Å². The van der Waals surface area contributed by atoms with Crippen LogP contribution in [-0.4, -0.2) is 42.3 Å². The van der Waals surface area contributed by atoms with Crippen LogP contribution >= 0.6 is 0 Å². The lowest BCUT2D eigenvalue weighted by molar-refractivity contribution is 0.210. The van der Waals surface area contributed by atoms with Crippen molar-refractivity contribution in [2.24, 2.45) is 0 Å². The molecule has 1 N–H and O–H groups in total. The van der Waals surface area contributed by atoms with E-state index in [9.17, 15) is 4.39 Å². The number of pyridine rings is 1. The van der Waals surface area contributed by atoms with Crippen molar-refractivity contribution >= 4 is 16.7 Å². The van der Waals surface area contributed by atoms with E-state index < -0.39 is 0 Å². The monoisotopic (exact) mass is 404 g/mol. The van der Waals surface area contributed by atoms with Gasteiger partial charge in [-0.3, -0.25) is 4.98 Å². The van der Waals surface area contributed by atoms with Crippen LogP contribution in [-0.2, 0) is 4.74 Å². The molecule has 6 nitrogen and oxygen atoms in total. The van der Waals surface area contributed by atoms with Gasteiger partial charge in [-0.1, -0.05) is 18.2 Å². The lowest BCUT2D eigenvalue weighted by atomic mass is 10.0. The first-order valence-corrected chi connectivity index (χ1v) is 9.49. The molecule has 0 saturated heterocycles. The molecular weight excluding hydrogens is 383 g/mol. The summed E-state index contributed by atoms with van der Waals surface area (Å²) in [6.07, 6.45) is 3.41. The van der Waals surface area contributed by atoms with Crippen LogP contribution in [0.1, 0.15) is 0 Å². The van der Waals surface area contributed by atoms with E-state index in [1.165, 1.54) is 6.07 Å². The normalized spacial score (nSPS) is 10.9. The van der Waals surface area contributed by atoms with Crippen molar-refractivity contribution in [2.45, 2.75) is 0 Å². The summed E-state index contributed by atoms with van der Waals surface area (Å²) in [6.45, 7) is 1.07. The molecule has 4 aromatic rings. The summed E-state index contributed by atoms with van der Waals surface area (Å²) >= 11 is 0. The van der Waals surface area contributed by atoms with Gasteiger partial charge in [0.05, 0.1) is 13.7 Å². The fraction of sp³-hybridized carbons (Fsp3) is 0.174. The van der Waals surface area contributed by atoms with Crippen molar-refractivity contribution in [3.63, 3.8) is 0 Å². The Hall–Kier alpha value is -3.58. The van der Waals surface area contributed by atoms with E-state index in [4.69, 9.17) is 19.4 Å². The minimum atomic E-state index is -0.305. The Bertz CT molecular complexity index is 1170. The highest BCUT2D eigenvalue weighted by atomic mass is 19.1. The van der Waals surface area contributed by atoms with Gasteiger partial charge in [0.15, 0.2) is 5.82 Å². The zero-order valence-corrected chi connectivity index (χ0v) is 16.7. The quantitative estimate of drug-likeness (QED) is 0.455. The molecule has 0 amide bonds. The first kappa shape index (κ1) is 19.7. The third-order valence-electron chi connectivity index (χ3n) is 4.69. The molecule has 2 heterocycles. The maximum atomic E-state index is 14.4. The van der Waals surface area contributed by atoms with Crippen molar-refractivity contribution in [3.05, 3.63) is 66.7 Å². The predicted molar refractivity (Wildman–Crippen MR) is 115 cm³/mol. The Morgan fingerprint density at radius 3 is 2.60 bits per heavy atom. The molecule has 30 heavy (non-hydrogen) atoms. The number of nitrogens with zero attached hydrogens (tertiary/aromatic N) is 3. The smallest absolute Gasteiger partial charge is 0.163 e. The number of rotatable bonds is 7. The molecule has 0 aliphatic heterocycles. The topological polar surface area (TPSA) is 69.2 Å². The lowest BCUT2D eigenvalue weighted by Gasteiger charge is -2.15. The van der Waals surface area contributed by atoms with Gasteiger partial charge < -0.3 is 14.8 Å². The first-order chi connectivity index (χ1) is 14.7. The molecule has 2 aromatic carbocycles. The molecule has 0 bridgehead atoms. The van der Waals surface area contributed by atoms with Crippen LogP contribution in [0, 0.1) is 5.82 Å². The van der Waals surface area contributed by atoms with Crippen LogP contribution in [0.4, 0.5) is 10.2 Å². The average Bonchev–Trinajstić information content (AvgIpc) is 2.79.